The lowest BCUT2D eigenvalue weighted by atomic mass is 10.2. The highest BCUT2D eigenvalue weighted by molar-refractivity contribution is 7.15. The van der Waals surface area contributed by atoms with Crippen LogP contribution < -0.4 is 4.90 Å². The van der Waals surface area contributed by atoms with Gasteiger partial charge in [0.15, 0.2) is 0 Å². The molecule has 2 heterocycles. The van der Waals surface area contributed by atoms with Gasteiger partial charge in [-0.05, 0) is 20.8 Å². The zero-order chi connectivity index (χ0) is 13.1. The normalized spacial score (nSPS) is 25.3. The third-order valence-corrected chi connectivity index (χ3v) is 4.04. The summed E-state index contributed by atoms with van der Waals surface area (Å²) < 4.78 is 5.74. The number of morpholine rings is 1. The predicted octanol–water partition coefficient (Wildman–Crippen LogP) is 1.39. The Balaban J connectivity index is 1.80. The monoisotopic (exact) mass is 270 g/mol. The van der Waals surface area contributed by atoms with E-state index in [0.29, 0.717) is 12.2 Å². The highest BCUT2D eigenvalue weighted by atomic mass is 32.1. The van der Waals surface area contributed by atoms with Crippen molar-refractivity contribution in [2.75, 3.05) is 38.1 Å². The van der Waals surface area contributed by atoms with Gasteiger partial charge in [-0.25, -0.2) is 0 Å². The number of nitrogens with zero attached hydrogens (tertiary/aromatic N) is 4. The van der Waals surface area contributed by atoms with Crippen molar-refractivity contribution in [1.29, 1.82) is 0 Å². The fourth-order valence-corrected chi connectivity index (χ4v) is 2.97. The van der Waals surface area contributed by atoms with Crippen LogP contribution in [0.25, 0.3) is 0 Å². The van der Waals surface area contributed by atoms with Crippen molar-refractivity contribution in [3.63, 3.8) is 0 Å². The SMILES string of the molecule is Cc1nnc(N(C)CCN2C[C@@H](C)O[C@@H](C)C2)s1. The maximum Gasteiger partial charge on any atom is 0.208 e. The van der Waals surface area contributed by atoms with Crippen molar-refractivity contribution >= 4 is 16.5 Å². The number of likely N-dealkylation sites (N-methyl/N-ethyl adjacent to an activating group) is 1. The summed E-state index contributed by atoms with van der Waals surface area (Å²) in [4.78, 5) is 4.64. The molecule has 2 rings (SSSR count). The number of rotatable bonds is 4. The van der Waals surface area contributed by atoms with Crippen LogP contribution in [0, 0.1) is 6.92 Å². The highest BCUT2D eigenvalue weighted by Crippen LogP contribution is 2.18. The molecule has 0 aromatic carbocycles. The smallest absolute Gasteiger partial charge is 0.208 e. The summed E-state index contributed by atoms with van der Waals surface area (Å²) in [5, 5.41) is 10.2. The summed E-state index contributed by atoms with van der Waals surface area (Å²) in [5.41, 5.74) is 0. The zero-order valence-electron chi connectivity index (χ0n) is 11.6. The van der Waals surface area contributed by atoms with E-state index in [-0.39, 0.29) is 0 Å². The Morgan fingerprint density at radius 3 is 2.56 bits per heavy atom. The van der Waals surface area contributed by atoms with Crippen molar-refractivity contribution in [3.05, 3.63) is 5.01 Å². The van der Waals surface area contributed by atoms with Crippen LogP contribution in [0.4, 0.5) is 5.13 Å². The predicted molar refractivity (Wildman–Crippen MR) is 74.4 cm³/mol. The zero-order valence-corrected chi connectivity index (χ0v) is 12.4. The Kier molecular flexibility index (Phi) is 4.53. The highest BCUT2D eigenvalue weighted by Gasteiger charge is 2.22. The van der Waals surface area contributed by atoms with Gasteiger partial charge in [0.25, 0.3) is 0 Å². The Morgan fingerprint density at radius 2 is 2.00 bits per heavy atom. The summed E-state index contributed by atoms with van der Waals surface area (Å²) in [6, 6.07) is 0. The summed E-state index contributed by atoms with van der Waals surface area (Å²) in [7, 11) is 2.08. The Morgan fingerprint density at radius 1 is 1.33 bits per heavy atom. The van der Waals surface area contributed by atoms with E-state index >= 15 is 0 Å². The second kappa shape index (κ2) is 5.95. The molecule has 0 saturated carbocycles. The minimum Gasteiger partial charge on any atom is -0.373 e. The van der Waals surface area contributed by atoms with Crippen molar-refractivity contribution in [2.24, 2.45) is 0 Å². The lowest BCUT2D eigenvalue weighted by molar-refractivity contribution is -0.0670. The molecule has 1 saturated heterocycles. The van der Waals surface area contributed by atoms with Gasteiger partial charge >= 0.3 is 0 Å². The van der Waals surface area contributed by atoms with E-state index in [1.807, 2.05) is 6.92 Å². The van der Waals surface area contributed by atoms with Crippen LogP contribution in [-0.2, 0) is 4.74 Å². The van der Waals surface area contributed by atoms with Crippen molar-refractivity contribution < 1.29 is 4.74 Å². The van der Waals surface area contributed by atoms with E-state index in [1.165, 1.54) is 0 Å². The molecule has 102 valence electrons. The van der Waals surface area contributed by atoms with E-state index in [0.717, 1.165) is 36.3 Å². The van der Waals surface area contributed by atoms with Crippen LogP contribution >= 0.6 is 11.3 Å². The van der Waals surface area contributed by atoms with E-state index < -0.39 is 0 Å². The Labute approximate surface area is 113 Å². The molecule has 1 aliphatic rings. The average molecular weight is 270 g/mol. The topological polar surface area (TPSA) is 41.5 Å². The molecular weight excluding hydrogens is 248 g/mol. The molecule has 0 unspecified atom stereocenters. The van der Waals surface area contributed by atoms with Gasteiger partial charge in [0.2, 0.25) is 5.13 Å². The molecule has 1 aromatic rings. The van der Waals surface area contributed by atoms with Gasteiger partial charge in [-0.3, -0.25) is 4.90 Å². The second-order valence-electron chi connectivity index (χ2n) is 5.04. The standard InChI is InChI=1S/C12H22N4OS/c1-9-7-16(8-10(2)17-9)6-5-15(4)12-14-13-11(3)18-12/h9-10H,5-8H2,1-4H3/t9-,10+. The number of aromatic nitrogens is 2. The van der Waals surface area contributed by atoms with Gasteiger partial charge in [-0.1, -0.05) is 11.3 Å². The average Bonchev–Trinajstić information content (AvgIpc) is 2.71. The molecule has 0 aliphatic carbocycles. The molecule has 0 N–H and O–H groups in total. The van der Waals surface area contributed by atoms with Crippen LogP contribution in [0.1, 0.15) is 18.9 Å². The van der Waals surface area contributed by atoms with Crippen LogP contribution in [0.2, 0.25) is 0 Å². The van der Waals surface area contributed by atoms with Crippen molar-refractivity contribution in [2.45, 2.75) is 33.0 Å². The molecule has 1 fully saturated rings. The number of hydrogen-bond acceptors (Lipinski definition) is 6. The first kappa shape index (κ1) is 13.7. The van der Waals surface area contributed by atoms with Crippen LogP contribution in [0.3, 0.4) is 0 Å². The molecule has 1 aromatic heterocycles. The molecule has 2 atom stereocenters. The summed E-state index contributed by atoms with van der Waals surface area (Å²) in [6.45, 7) is 10.3. The number of anilines is 1. The fourth-order valence-electron chi connectivity index (χ4n) is 2.29. The first-order chi connectivity index (χ1) is 8.54. The number of aryl methyl sites for hydroxylation is 1. The summed E-state index contributed by atoms with van der Waals surface area (Å²) >= 11 is 1.64. The molecule has 1 aliphatic heterocycles. The van der Waals surface area contributed by atoms with Crippen LogP contribution in [0.5, 0.6) is 0 Å². The van der Waals surface area contributed by atoms with Gasteiger partial charge in [-0.2, -0.15) is 0 Å². The molecule has 0 radical (unpaired) electrons. The van der Waals surface area contributed by atoms with Gasteiger partial charge in [0.1, 0.15) is 5.01 Å². The lowest BCUT2D eigenvalue weighted by Gasteiger charge is -2.36. The molecule has 18 heavy (non-hydrogen) atoms. The maximum absolute atomic E-state index is 5.74. The maximum atomic E-state index is 5.74. The minimum absolute atomic E-state index is 0.336. The van der Waals surface area contributed by atoms with E-state index in [4.69, 9.17) is 4.74 Å². The first-order valence-corrected chi connectivity index (χ1v) is 7.25. The quantitative estimate of drug-likeness (QED) is 0.827. The molecule has 0 amide bonds. The van der Waals surface area contributed by atoms with Crippen LogP contribution in [0.15, 0.2) is 0 Å². The van der Waals surface area contributed by atoms with E-state index in [9.17, 15) is 0 Å². The van der Waals surface area contributed by atoms with E-state index in [2.05, 4.69) is 40.9 Å². The lowest BCUT2D eigenvalue weighted by Crippen LogP contribution is -2.47. The molecule has 0 spiro atoms. The second-order valence-corrected chi connectivity index (χ2v) is 6.20. The molecule has 6 heteroatoms. The number of ether oxygens (including phenoxy) is 1. The van der Waals surface area contributed by atoms with E-state index in [1.54, 1.807) is 11.3 Å². The Hall–Kier alpha value is -0.720. The van der Waals surface area contributed by atoms with Crippen LogP contribution in [-0.4, -0.2) is 60.5 Å². The molecular formula is C12H22N4OS. The third-order valence-electron chi connectivity index (χ3n) is 3.09. The minimum atomic E-state index is 0.336. The van der Waals surface area contributed by atoms with Gasteiger partial charge < -0.3 is 9.64 Å². The Bertz CT molecular complexity index is 374. The fraction of sp³-hybridized carbons (Fsp3) is 0.833. The van der Waals surface area contributed by atoms with Crippen molar-refractivity contribution in [1.82, 2.24) is 15.1 Å². The summed E-state index contributed by atoms with van der Waals surface area (Å²) in [6.07, 6.45) is 0.672. The number of hydrogen-bond donors (Lipinski definition) is 0. The van der Waals surface area contributed by atoms with Gasteiger partial charge in [0, 0.05) is 33.2 Å². The summed E-state index contributed by atoms with van der Waals surface area (Å²) in [5.74, 6) is 0. The van der Waals surface area contributed by atoms with Gasteiger partial charge in [-0.15, -0.1) is 10.2 Å². The molecule has 0 bridgehead atoms. The van der Waals surface area contributed by atoms with Crippen molar-refractivity contribution in [3.8, 4) is 0 Å². The largest absolute Gasteiger partial charge is 0.373 e. The first-order valence-electron chi connectivity index (χ1n) is 6.43. The molecule has 5 nitrogen and oxygen atoms in total. The van der Waals surface area contributed by atoms with Gasteiger partial charge in [0.05, 0.1) is 12.2 Å². The third kappa shape index (κ3) is 3.63.